The molecule has 0 radical (unpaired) electrons. The lowest BCUT2D eigenvalue weighted by Crippen LogP contribution is -2.43. The van der Waals surface area contributed by atoms with Gasteiger partial charge in [0, 0.05) is 11.6 Å². The van der Waals surface area contributed by atoms with E-state index in [1.54, 1.807) is 60.7 Å². The minimum Gasteiger partial charge on any atom is -0.368 e. The van der Waals surface area contributed by atoms with Gasteiger partial charge >= 0.3 is 0 Å². The molecule has 3 aromatic rings. The first-order valence-electron chi connectivity index (χ1n) is 9.67. The average molecular weight is 406 g/mol. The molecule has 0 saturated carbocycles. The number of halogens is 2. The van der Waals surface area contributed by atoms with Crippen LogP contribution in [0.25, 0.3) is 0 Å². The lowest BCUT2D eigenvalue weighted by Gasteiger charge is -2.36. The zero-order chi connectivity index (χ0) is 21.3. The number of fused-ring (bicyclic) bond motifs is 1. The van der Waals surface area contributed by atoms with Crippen molar-refractivity contribution in [3.05, 3.63) is 107 Å². The quantitative estimate of drug-likeness (QED) is 0.686. The Kier molecular flexibility index (Phi) is 5.31. The Hall–Kier alpha value is -3.54. The van der Waals surface area contributed by atoms with E-state index in [4.69, 9.17) is 5.73 Å². The molecule has 0 aromatic heterocycles. The average Bonchev–Trinajstić information content (AvgIpc) is 3.16. The fourth-order valence-electron chi connectivity index (χ4n) is 4.18. The molecule has 1 aliphatic rings. The lowest BCUT2D eigenvalue weighted by atomic mass is 9.98. The van der Waals surface area contributed by atoms with Crippen LogP contribution in [0.2, 0.25) is 0 Å². The number of primary amides is 1. The standard InChI is InChI=1S/C24H20F2N2O2/c25-17-13-19-18(20(26)14-17)11-12-21(19)28(24(30)16-9-5-2-6-10-16)22(23(27)29)15-7-3-1-4-8-15/h1-10,13-14,21-22H,11-12H2,(H2,27,29)/t21-,22?/m1/s1. The molecule has 4 nitrogen and oxygen atoms in total. The largest absolute Gasteiger partial charge is 0.368 e. The Bertz CT molecular complexity index is 1090. The molecule has 1 unspecified atom stereocenters. The normalized spacial score (nSPS) is 16.0. The third-order valence-electron chi connectivity index (χ3n) is 5.48. The summed E-state index contributed by atoms with van der Waals surface area (Å²) in [7, 11) is 0. The van der Waals surface area contributed by atoms with Gasteiger partial charge in [-0.3, -0.25) is 9.59 Å². The van der Waals surface area contributed by atoms with E-state index in [0.717, 1.165) is 6.07 Å². The fraction of sp³-hybridized carbons (Fsp3) is 0.167. The second kappa shape index (κ2) is 8.06. The molecule has 4 rings (SSSR count). The topological polar surface area (TPSA) is 63.4 Å². The molecule has 1 aliphatic carbocycles. The molecule has 152 valence electrons. The number of rotatable bonds is 5. The molecule has 2 amide bonds. The second-order valence-electron chi connectivity index (χ2n) is 7.30. The number of amides is 2. The highest BCUT2D eigenvalue weighted by atomic mass is 19.1. The Balaban J connectivity index is 1.88. The first-order chi connectivity index (χ1) is 14.5. The summed E-state index contributed by atoms with van der Waals surface area (Å²) >= 11 is 0. The summed E-state index contributed by atoms with van der Waals surface area (Å²) in [5, 5.41) is 0. The van der Waals surface area contributed by atoms with Crippen LogP contribution in [-0.2, 0) is 11.2 Å². The van der Waals surface area contributed by atoms with Gasteiger partial charge < -0.3 is 10.6 Å². The van der Waals surface area contributed by atoms with Crippen molar-refractivity contribution in [2.45, 2.75) is 24.9 Å². The number of nitrogens with zero attached hydrogens (tertiary/aromatic N) is 1. The van der Waals surface area contributed by atoms with Gasteiger partial charge in [0.25, 0.3) is 5.91 Å². The van der Waals surface area contributed by atoms with Crippen LogP contribution in [-0.4, -0.2) is 16.7 Å². The van der Waals surface area contributed by atoms with Crippen molar-refractivity contribution in [1.82, 2.24) is 4.90 Å². The molecular formula is C24H20F2N2O2. The monoisotopic (exact) mass is 406 g/mol. The van der Waals surface area contributed by atoms with Gasteiger partial charge in [0.05, 0.1) is 6.04 Å². The molecule has 0 spiro atoms. The smallest absolute Gasteiger partial charge is 0.255 e. The number of hydrogen-bond acceptors (Lipinski definition) is 2. The molecular weight excluding hydrogens is 386 g/mol. The van der Waals surface area contributed by atoms with Crippen LogP contribution in [0.5, 0.6) is 0 Å². The van der Waals surface area contributed by atoms with E-state index in [-0.39, 0.29) is 0 Å². The third-order valence-corrected chi connectivity index (χ3v) is 5.48. The minimum absolute atomic E-state index is 0.338. The summed E-state index contributed by atoms with van der Waals surface area (Å²) in [6, 6.07) is 17.5. The Morgan fingerprint density at radius 1 is 0.967 bits per heavy atom. The zero-order valence-corrected chi connectivity index (χ0v) is 16.1. The van der Waals surface area contributed by atoms with Crippen LogP contribution < -0.4 is 5.73 Å². The van der Waals surface area contributed by atoms with Crippen LogP contribution in [0.4, 0.5) is 8.78 Å². The first-order valence-corrected chi connectivity index (χ1v) is 9.67. The third kappa shape index (κ3) is 3.56. The summed E-state index contributed by atoms with van der Waals surface area (Å²) in [6.45, 7) is 0. The molecule has 3 aromatic carbocycles. The van der Waals surface area contributed by atoms with Crippen molar-refractivity contribution in [1.29, 1.82) is 0 Å². The molecule has 0 fully saturated rings. The molecule has 0 bridgehead atoms. The van der Waals surface area contributed by atoms with Crippen LogP contribution in [0.3, 0.4) is 0 Å². The molecule has 0 saturated heterocycles. The van der Waals surface area contributed by atoms with E-state index < -0.39 is 35.5 Å². The van der Waals surface area contributed by atoms with Gasteiger partial charge in [0.15, 0.2) is 0 Å². The number of hydrogen-bond donors (Lipinski definition) is 1. The molecule has 0 heterocycles. The van der Waals surface area contributed by atoms with E-state index in [1.807, 2.05) is 0 Å². The fourth-order valence-corrected chi connectivity index (χ4v) is 4.18. The highest BCUT2D eigenvalue weighted by molar-refractivity contribution is 5.98. The van der Waals surface area contributed by atoms with E-state index in [0.29, 0.717) is 35.1 Å². The predicted molar refractivity (Wildman–Crippen MR) is 108 cm³/mol. The molecule has 2 N–H and O–H groups in total. The van der Waals surface area contributed by atoms with E-state index in [1.165, 1.54) is 11.0 Å². The van der Waals surface area contributed by atoms with Crippen LogP contribution >= 0.6 is 0 Å². The van der Waals surface area contributed by atoms with Crippen LogP contribution in [0.15, 0.2) is 72.8 Å². The highest BCUT2D eigenvalue weighted by Crippen LogP contribution is 2.42. The summed E-state index contributed by atoms with van der Waals surface area (Å²) in [6.07, 6.45) is 0.704. The van der Waals surface area contributed by atoms with E-state index in [2.05, 4.69) is 0 Å². The maximum atomic E-state index is 14.4. The Labute approximate surface area is 172 Å². The van der Waals surface area contributed by atoms with Crippen LogP contribution in [0.1, 0.15) is 45.6 Å². The highest BCUT2D eigenvalue weighted by Gasteiger charge is 2.40. The summed E-state index contributed by atoms with van der Waals surface area (Å²) in [4.78, 5) is 27.5. The van der Waals surface area contributed by atoms with Crippen molar-refractivity contribution < 1.29 is 18.4 Å². The van der Waals surface area contributed by atoms with Gasteiger partial charge in [-0.25, -0.2) is 8.78 Å². The van der Waals surface area contributed by atoms with Crippen molar-refractivity contribution in [2.24, 2.45) is 5.73 Å². The SMILES string of the molecule is NC(=O)C(c1ccccc1)N(C(=O)c1ccccc1)[C@@H]1CCc2c(F)cc(F)cc21. The van der Waals surface area contributed by atoms with Gasteiger partial charge in [-0.15, -0.1) is 0 Å². The van der Waals surface area contributed by atoms with Crippen molar-refractivity contribution in [3.8, 4) is 0 Å². The Morgan fingerprint density at radius 3 is 2.23 bits per heavy atom. The molecule has 6 heteroatoms. The van der Waals surface area contributed by atoms with Gasteiger partial charge in [0.2, 0.25) is 5.91 Å². The summed E-state index contributed by atoms with van der Waals surface area (Å²) < 4.78 is 28.4. The molecule has 2 atom stereocenters. The van der Waals surface area contributed by atoms with Crippen LogP contribution in [0, 0.1) is 11.6 Å². The van der Waals surface area contributed by atoms with E-state index >= 15 is 0 Å². The second-order valence-corrected chi connectivity index (χ2v) is 7.30. The first kappa shape index (κ1) is 19.8. The molecule has 30 heavy (non-hydrogen) atoms. The minimum atomic E-state index is -1.08. The van der Waals surface area contributed by atoms with Gasteiger partial charge in [-0.05, 0) is 47.7 Å². The summed E-state index contributed by atoms with van der Waals surface area (Å²) in [5.41, 5.74) is 7.40. The van der Waals surface area contributed by atoms with Gasteiger partial charge in [-0.2, -0.15) is 0 Å². The van der Waals surface area contributed by atoms with Gasteiger partial charge in [0.1, 0.15) is 17.7 Å². The van der Waals surface area contributed by atoms with Crippen molar-refractivity contribution in [2.75, 3.05) is 0 Å². The Morgan fingerprint density at radius 2 is 1.60 bits per heavy atom. The van der Waals surface area contributed by atoms with Crippen molar-refractivity contribution >= 4 is 11.8 Å². The number of benzene rings is 3. The predicted octanol–water partition coefficient (Wildman–Crippen LogP) is 4.32. The number of carbonyl (C=O) groups is 2. The lowest BCUT2D eigenvalue weighted by molar-refractivity contribution is -0.123. The molecule has 0 aliphatic heterocycles. The zero-order valence-electron chi connectivity index (χ0n) is 16.1. The van der Waals surface area contributed by atoms with E-state index in [9.17, 15) is 18.4 Å². The van der Waals surface area contributed by atoms with Crippen molar-refractivity contribution in [3.63, 3.8) is 0 Å². The maximum absolute atomic E-state index is 14.4. The number of nitrogens with two attached hydrogens (primary N) is 1. The maximum Gasteiger partial charge on any atom is 0.255 e. The summed E-state index contributed by atoms with van der Waals surface area (Å²) in [5.74, 6) is -2.50. The van der Waals surface area contributed by atoms with Gasteiger partial charge in [-0.1, -0.05) is 48.5 Å². The number of carbonyl (C=O) groups excluding carboxylic acids is 2.